The highest BCUT2D eigenvalue weighted by molar-refractivity contribution is 4.86. The van der Waals surface area contributed by atoms with E-state index in [2.05, 4.69) is 4.98 Å². The van der Waals surface area contributed by atoms with E-state index in [0.717, 1.165) is 4.57 Å². The van der Waals surface area contributed by atoms with E-state index in [1.807, 2.05) is 0 Å². The molecule has 18 heavy (non-hydrogen) atoms. The molecule has 1 fully saturated rings. The first-order valence-corrected chi connectivity index (χ1v) is 5.87. The maximum atomic E-state index is 11.6. The highest BCUT2D eigenvalue weighted by Gasteiger charge is 2.29. The molecule has 7 nitrogen and oxygen atoms in total. The Balaban J connectivity index is 2.33. The van der Waals surface area contributed by atoms with Crippen molar-refractivity contribution in [2.45, 2.75) is 37.7 Å². The molecular formula is C11H16N2O5. The smallest absolute Gasteiger partial charge is 0.330 e. The number of nitrogens with one attached hydrogen (secondary N) is 1. The molecule has 0 aliphatic carbocycles. The van der Waals surface area contributed by atoms with Crippen LogP contribution in [0.5, 0.6) is 0 Å². The van der Waals surface area contributed by atoms with Crippen molar-refractivity contribution in [3.05, 3.63) is 33.1 Å². The normalized spacial score (nSPS) is 28.9. The molecule has 0 saturated carbocycles. The van der Waals surface area contributed by atoms with Crippen LogP contribution in [0.3, 0.4) is 0 Å². The van der Waals surface area contributed by atoms with Crippen LogP contribution in [0.2, 0.25) is 0 Å². The number of aliphatic hydroxyl groups is 2. The summed E-state index contributed by atoms with van der Waals surface area (Å²) in [6.07, 6.45) is 0.968. The maximum absolute atomic E-state index is 11.6. The molecule has 3 N–H and O–H groups in total. The number of aromatic nitrogens is 2. The van der Waals surface area contributed by atoms with Crippen LogP contribution >= 0.6 is 0 Å². The molecule has 100 valence electrons. The Morgan fingerprint density at radius 1 is 1.44 bits per heavy atom. The van der Waals surface area contributed by atoms with E-state index in [9.17, 15) is 14.7 Å². The average molecular weight is 256 g/mol. The van der Waals surface area contributed by atoms with Crippen molar-refractivity contribution < 1.29 is 14.9 Å². The molecule has 1 saturated heterocycles. The zero-order chi connectivity index (χ0) is 13.1. The van der Waals surface area contributed by atoms with Gasteiger partial charge in [-0.15, -0.1) is 0 Å². The first kappa shape index (κ1) is 13.0. The van der Waals surface area contributed by atoms with Crippen molar-refractivity contribution >= 4 is 0 Å². The molecule has 1 aromatic rings. The molecule has 1 aliphatic heterocycles. The number of hydrogen-bond acceptors (Lipinski definition) is 5. The van der Waals surface area contributed by atoms with Crippen LogP contribution in [0, 0.1) is 0 Å². The first-order valence-electron chi connectivity index (χ1n) is 5.87. The molecule has 1 aliphatic rings. The van der Waals surface area contributed by atoms with Crippen molar-refractivity contribution in [2.75, 3.05) is 6.61 Å². The lowest BCUT2D eigenvalue weighted by molar-refractivity contribution is -0.120. The van der Waals surface area contributed by atoms with Crippen LogP contribution in [-0.2, 0) is 4.74 Å². The van der Waals surface area contributed by atoms with Gasteiger partial charge in [0.2, 0.25) is 0 Å². The first-order chi connectivity index (χ1) is 8.61. The molecule has 2 heterocycles. The van der Waals surface area contributed by atoms with Gasteiger partial charge in [-0.1, -0.05) is 0 Å². The predicted molar refractivity (Wildman–Crippen MR) is 62.2 cm³/mol. The van der Waals surface area contributed by atoms with Gasteiger partial charge in [-0.25, -0.2) is 4.79 Å². The minimum absolute atomic E-state index is 0.165. The molecular weight excluding hydrogens is 240 g/mol. The fourth-order valence-corrected chi connectivity index (χ4v) is 2.07. The van der Waals surface area contributed by atoms with Gasteiger partial charge in [0.1, 0.15) is 0 Å². The second-order valence-electron chi connectivity index (χ2n) is 4.35. The fraction of sp³-hybridized carbons (Fsp3) is 0.636. The largest absolute Gasteiger partial charge is 0.394 e. The van der Waals surface area contributed by atoms with Crippen molar-refractivity contribution in [3.8, 4) is 0 Å². The number of H-pyrrole nitrogens is 1. The van der Waals surface area contributed by atoms with Crippen LogP contribution in [0.4, 0.5) is 0 Å². The lowest BCUT2D eigenvalue weighted by Crippen LogP contribution is -2.38. The van der Waals surface area contributed by atoms with Gasteiger partial charge in [0, 0.05) is 12.3 Å². The van der Waals surface area contributed by atoms with Crippen molar-refractivity contribution in [1.82, 2.24) is 9.55 Å². The number of hydrogen-bond donors (Lipinski definition) is 3. The minimum atomic E-state index is -0.881. The number of aromatic amines is 1. The van der Waals surface area contributed by atoms with Crippen LogP contribution in [0.15, 0.2) is 21.9 Å². The third-order valence-corrected chi connectivity index (χ3v) is 3.02. The van der Waals surface area contributed by atoms with Gasteiger partial charge in [-0.3, -0.25) is 14.3 Å². The molecule has 0 spiro atoms. The molecule has 0 unspecified atom stereocenters. The van der Waals surface area contributed by atoms with E-state index >= 15 is 0 Å². The van der Waals surface area contributed by atoms with Crippen LogP contribution < -0.4 is 11.2 Å². The van der Waals surface area contributed by atoms with Gasteiger partial charge >= 0.3 is 5.69 Å². The Morgan fingerprint density at radius 2 is 2.22 bits per heavy atom. The molecule has 0 aromatic carbocycles. The quantitative estimate of drug-likeness (QED) is 0.626. The topological polar surface area (TPSA) is 105 Å². The van der Waals surface area contributed by atoms with E-state index < -0.39 is 29.7 Å². The number of ether oxygens (including phenoxy) is 1. The zero-order valence-electron chi connectivity index (χ0n) is 9.78. The van der Waals surface area contributed by atoms with E-state index in [1.54, 1.807) is 0 Å². The minimum Gasteiger partial charge on any atom is -0.394 e. The molecule has 2 rings (SSSR count). The van der Waals surface area contributed by atoms with Crippen LogP contribution in [0.1, 0.15) is 25.5 Å². The molecule has 0 bridgehead atoms. The van der Waals surface area contributed by atoms with Crippen molar-refractivity contribution in [2.24, 2.45) is 0 Å². The van der Waals surface area contributed by atoms with Gasteiger partial charge in [0.15, 0.2) is 6.23 Å². The Kier molecular flexibility index (Phi) is 3.95. The summed E-state index contributed by atoms with van der Waals surface area (Å²) in [4.78, 5) is 24.7. The lowest BCUT2D eigenvalue weighted by Gasteiger charge is -2.25. The van der Waals surface area contributed by atoms with E-state index in [4.69, 9.17) is 9.84 Å². The van der Waals surface area contributed by atoms with E-state index in [-0.39, 0.29) is 6.61 Å². The van der Waals surface area contributed by atoms with E-state index in [0.29, 0.717) is 19.3 Å². The molecule has 0 amide bonds. The Labute approximate surface area is 103 Å². The number of nitrogens with zero attached hydrogens (tertiary/aromatic N) is 1. The highest BCUT2D eigenvalue weighted by atomic mass is 16.5. The maximum Gasteiger partial charge on any atom is 0.330 e. The van der Waals surface area contributed by atoms with Gasteiger partial charge < -0.3 is 14.9 Å². The third kappa shape index (κ3) is 2.69. The van der Waals surface area contributed by atoms with Crippen LogP contribution in [-0.4, -0.2) is 38.6 Å². The Hall–Kier alpha value is -1.44. The second kappa shape index (κ2) is 5.47. The average Bonchev–Trinajstić information content (AvgIpc) is 2.51. The summed E-state index contributed by atoms with van der Waals surface area (Å²) in [6.45, 7) is -0.165. The SMILES string of the molecule is O=c1ccn([C@@H]2O[C@H](CO)CCC[C@H]2O)c(=O)[nH]1. The molecule has 1 aromatic heterocycles. The summed E-state index contributed by atoms with van der Waals surface area (Å²) in [7, 11) is 0. The van der Waals surface area contributed by atoms with Gasteiger partial charge in [-0.2, -0.15) is 0 Å². The lowest BCUT2D eigenvalue weighted by atomic mass is 10.1. The summed E-state index contributed by atoms with van der Waals surface area (Å²) in [5.41, 5.74) is -1.14. The van der Waals surface area contributed by atoms with Gasteiger partial charge in [-0.05, 0) is 19.3 Å². The summed E-state index contributed by atoms with van der Waals surface area (Å²) in [5.74, 6) is 0. The zero-order valence-corrected chi connectivity index (χ0v) is 9.78. The molecule has 0 radical (unpaired) electrons. The van der Waals surface area contributed by atoms with Gasteiger partial charge in [0.25, 0.3) is 5.56 Å². The van der Waals surface area contributed by atoms with E-state index in [1.165, 1.54) is 12.3 Å². The number of aliphatic hydroxyl groups excluding tert-OH is 2. The summed E-state index contributed by atoms with van der Waals surface area (Å²) in [5, 5.41) is 19.1. The molecule has 3 atom stereocenters. The summed E-state index contributed by atoms with van der Waals surface area (Å²) in [6, 6.07) is 1.19. The van der Waals surface area contributed by atoms with Crippen molar-refractivity contribution in [1.29, 1.82) is 0 Å². The summed E-state index contributed by atoms with van der Waals surface area (Å²) >= 11 is 0. The van der Waals surface area contributed by atoms with Crippen LogP contribution in [0.25, 0.3) is 0 Å². The monoisotopic (exact) mass is 256 g/mol. The number of rotatable bonds is 2. The standard InChI is InChI=1S/C11H16N2O5/c14-6-7-2-1-3-8(15)10(18-7)13-5-4-9(16)12-11(13)17/h4-5,7-8,10,14-15H,1-3,6H2,(H,12,16,17)/t7-,8+,10+/m0/s1. The fourth-order valence-electron chi connectivity index (χ4n) is 2.07. The van der Waals surface area contributed by atoms with Crippen molar-refractivity contribution in [3.63, 3.8) is 0 Å². The Bertz CT molecular complexity index is 509. The second-order valence-corrected chi connectivity index (χ2v) is 4.35. The predicted octanol–water partition coefficient (Wildman–Crippen LogP) is -1.04. The highest BCUT2D eigenvalue weighted by Crippen LogP contribution is 2.24. The molecule has 7 heteroatoms. The summed E-state index contributed by atoms with van der Waals surface area (Å²) < 4.78 is 6.66. The third-order valence-electron chi connectivity index (χ3n) is 3.02. The van der Waals surface area contributed by atoms with Gasteiger partial charge in [0.05, 0.1) is 18.8 Å². The Morgan fingerprint density at radius 3 is 2.89 bits per heavy atom.